The Kier molecular flexibility index (Phi) is 24.8. The molecule has 440 valence electrons. The number of aliphatic hydroxyl groups is 12. The average Bonchev–Trinajstić information content (AvgIpc) is 3.72. The van der Waals surface area contributed by atoms with Crippen molar-refractivity contribution in [3.05, 3.63) is 12.1 Å². The van der Waals surface area contributed by atoms with Crippen LogP contribution in [0, 0.1) is 0 Å². The Labute approximate surface area is 438 Å². The predicted octanol–water partition coefficient (Wildman–Crippen LogP) is -10.0. The fraction of sp³-hybridized carbons (Fsp3) is 0.795. The van der Waals surface area contributed by atoms with E-state index in [0.717, 1.165) is 12.1 Å². The Morgan fingerprint density at radius 1 is 0.610 bits per heavy atom. The molecule has 0 bridgehead atoms. The third kappa shape index (κ3) is 17.7. The van der Waals surface area contributed by atoms with Crippen LogP contribution in [0.25, 0.3) is 0 Å². The fourth-order valence-corrected chi connectivity index (χ4v) is 8.20. The van der Waals surface area contributed by atoms with Crippen molar-refractivity contribution in [2.45, 2.75) is 168 Å². The molecule has 5 rings (SSSR count). The maximum atomic E-state index is 13.3. The van der Waals surface area contributed by atoms with Gasteiger partial charge in [0.15, 0.2) is 25.2 Å². The summed E-state index contributed by atoms with van der Waals surface area (Å²) in [5.41, 5.74) is 0. The van der Waals surface area contributed by atoms with Gasteiger partial charge in [-0.15, -0.1) is 4.73 Å². The molecule has 1 aromatic heterocycles. The SMILES string of the molecule is CC1OC(OCCNC(=O)CCCC(=O)NC(CCC(=O)NCCOC2OC(COC3OC(CO)C(O)C(O)C3O)C(O)C(OC3OC(CO)C(O)C(O)C3O)C2O)C(=O)NCC(=O)On2c(O)ccc2O)C(O)CC1O. The highest BCUT2D eigenvalue weighted by Crippen LogP contribution is 2.31. The van der Waals surface area contributed by atoms with Gasteiger partial charge in [-0.3, -0.25) is 19.2 Å². The zero-order chi connectivity index (χ0) is 56.7. The molecule has 20 unspecified atom stereocenters. The van der Waals surface area contributed by atoms with E-state index in [1.165, 1.54) is 0 Å². The summed E-state index contributed by atoms with van der Waals surface area (Å²) in [5, 5.41) is 153. The molecule has 4 amide bonds. The van der Waals surface area contributed by atoms with Crippen molar-refractivity contribution in [1.29, 1.82) is 0 Å². The van der Waals surface area contributed by atoms with Crippen molar-refractivity contribution in [3.8, 4) is 11.8 Å². The monoisotopic (exact) mass is 1120 g/mol. The van der Waals surface area contributed by atoms with Gasteiger partial charge in [0.05, 0.1) is 45.2 Å². The lowest BCUT2D eigenvalue weighted by Crippen LogP contribution is -2.65. The van der Waals surface area contributed by atoms with Crippen molar-refractivity contribution >= 4 is 29.6 Å². The minimum Gasteiger partial charge on any atom is -0.492 e. The van der Waals surface area contributed by atoms with Gasteiger partial charge < -0.3 is 135 Å². The summed E-state index contributed by atoms with van der Waals surface area (Å²) in [7, 11) is 0. The summed E-state index contributed by atoms with van der Waals surface area (Å²) < 4.78 is 44.5. The van der Waals surface area contributed by atoms with Crippen molar-refractivity contribution in [3.63, 3.8) is 0 Å². The minimum atomic E-state index is -2.00. The number of hydrogen-bond acceptors (Lipinski definition) is 28. The Morgan fingerprint density at radius 2 is 1.14 bits per heavy atom. The van der Waals surface area contributed by atoms with Crippen LogP contribution >= 0.6 is 0 Å². The molecule has 4 saturated heterocycles. The number of carbonyl (C=O) groups is 5. The number of aliphatic hydroxyl groups excluding tert-OH is 12. The van der Waals surface area contributed by atoms with Crippen LogP contribution < -0.4 is 26.1 Å². The van der Waals surface area contributed by atoms with Gasteiger partial charge in [0, 0.05) is 50.9 Å². The topological polar surface area (TPSA) is 505 Å². The van der Waals surface area contributed by atoms with E-state index in [4.69, 9.17) is 42.7 Å². The number of nitrogens with one attached hydrogen (secondary N) is 4. The van der Waals surface area contributed by atoms with Gasteiger partial charge in [-0.2, -0.15) is 0 Å². The third-order valence-corrected chi connectivity index (χ3v) is 12.7. The molecule has 33 heteroatoms. The molecule has 4 aliphatic heterocycles. The molecular weight excluding hydrogens is 1050 g/mol. The van der Waals surface area contributed by atoms with Gasteiger partial charge in [-0.05, 0) is 19.8 Å². The van der Waals surface area contributed by atoms with Gasteiger partial charge in [-0.25, -0.2) is 4.79 Å². The normalized spacial score (nSPS) is 34.8. The summed E-state index contributed by atoms with van der Waals surface area (Å²) in [6, 6.07) is 0.554. The second-order valence-corrected chi connectivity index (χ2v) is 18.4. The molecule has 20 atom stereocenters. The summed E-state index contributed by atoms with van der Waals surface area (Å²) >= 11 is 0. The molecule has 0 aromatic carbocycles. The van der Waals surface area contributed by atoms with Crippen LogP contribution in [0.15, 0.2) is 12.1 Å². The minimum absolute atomic E-state index is 0.00556. The molecule has 5 heterocycles. The second kappa shape index (κ2) is 30.1. The highest BCUT2D eigenvalue weighted by atomic mass is 16.8. The van der Waals surface area contributed by atoms with Crippen LogP contribution in [0.1, 0.15) is 45.4 Å². The van der Waals surface area contributed by atoms with Crippen LogP contribution in [0.3, 0.4) is 0 Å². The van der Waals surface area contributed by atoms with Crippen LogP contribution in [0.5, 0.6) is 11.8 Å². The fourth-order valence-electron chi connectivity index (χ4n) is 8.20. The van der Waals surface area contributed by atoms with Crippen molar-refractivity contribution in [2.75, 3.05) is 52.7 Å². The predicted molar refractivity (Wildman–Crippen MR) is 245 cm³/mol. The molecule has 1 aromatic rings. The molecule has 0 spiro atoms. The summed E-state index contributed by atoms with van der Waals surface area (Å²) in [6.07, 6.45) is -31.5. The number of nitrogens with zero attached hydrogens (tertiary/aromatic N) is 1. The van der Waals surface area contributed by atoms with E-state index in [-0.39, 0.29) is 51.8 Å². The molecule has 0 aliphatic carbocycles. The van der Waals surface area contributed by atoms with Crippen LogP contribution in [0.2, 0.25) is 0 Å². The number of rotatable bonds is 27. The first-order valence-corrected chi connectivity index (χ1v) is 24.6. The first-order chi connectivity index (χ1) is 36.5. The number of hydrogen-bond donors (Lipinski definition) is 18. The van der Waals surface area contributed by atoms with Crippen molar-refractivity contribution < 1.29 is 138 Å². The number of aromatic hydroxyl groups is 2. The third-order valence-electron chi connectivity index (χ3n) is 12.7. The van der Waals surface area contributed by atoms with Crippen LogP contribution in [-0.2, 0) is 61.9 Å². The van der Waals surface area contributed by atoms with E-state index in [0.29, 0.717) is 4.73 Å². The van der Waals surface area contributed by atoms with Gasteiger partial charge >= 0.3 is 5.97 Å². The Bertz CT molecular complexity index is 2020. The number of aromatic nitrogens is 1. The van der Waals surface area contributed by atoms with Gasteiger partial charge in [0.2, 0.25) is 35.4 Å². The smallest absolute Gasteiger partial charge is 0.352 e. The van der Waals surface area contributed by atoms with Crippen molar-refractivity contribution in [2.24, 2.45) is 0 Å². The van der Waals surface area contributed by atoms with E-state index in [2.05, 4.69) is 21.3 Å². The van der Waals surface area contributed by atoms with Crippen LogP contribution in [0.4, 0.5) is 0 Å². The van der Waals surface area contributed by atoms with Gasteiger partial charge in [0.1, 0.15) is 91.9 Å². The highest BCUT2D eigenvalue weighted by Gasteiger charge is 2.52. The van der Waals surface area contributed by atoms with E-state index >= 15 is 0 Å². The molecular formula is C44H71N5O28. The van der Waals surface area contributed by atoms with E-state index in [1.807, 2.05) is 0 Å². The molecule has 4 fully saturated rings. The zero-order valence-electron chi connectivity index (χ0n) is 41.5. The lowest BCUT2D eigenvalue weighted by molar-refractivity contribution is -0.366. The summed E-state index contributed by atoms with van der Waals surface area (Å²) in [6.45, 7) is -2.44. The van der Waals surface area contributed by atoms with Crippen LogP contribution in [-0.4, -0.2) is 281 Å². The lowest BCUT2D eigenvalue weighted by Gasteiger charge is -2.46. The largest absolute Gasteiger partial charge is 0.492 e. The summed E-state index contributed by atoms with van der Waals surface area (Å²) in [5.74, 6) is -5.37. The Hall–Kier alpha value is -4.57. The maximum Gasteiger partial charge on any atom is 0.352 e. The highest BCUT2D eigenvalue weighted by molar-refractivity contribution is 5.90. The second-order valence-electron chi connectivity index (χ2n) is 18.4. The molecule has 4 aliphatic rings. The molecule has 77 heavy (non-hydrogen) atoms. The average molecular weight is 1120 g/mol. The van der Waals surface area contributed by atoms with E-state index < -0.39 is 204 Å². The number of amides is 4. The number of carbonyl (C=O) groups excluding carboxylic acids is 5. The van der Waals surface area contributed by atoms with E-state index in [1.54, 1.807) is 6.92 Å². The molecule has 0 radical (unpaired) electrons. The standard InChI is InChI=1S/C44H71N5O28/c1-18-20(52)13-21(53)41(72-18)69-11-9-45-25(54)3-2-4-27(56)48-19(40(68)47-14-30(59)77-49-28(57)7-8-29(49)58)5-6-26(55)46-10-12-70-43-38(67)39(76-44-37(66)35(64)32(61)23(16-51)74-44)33(62)24(75-43)17-71-42-36(65)34(63)31(60)22(15-50)73-42/h7-8,18-24,31-39,41-44,50-53,57-58,60-67H,2-6,9-17H2,1H3,(H,45,54)(H,46,55)(H,47,68)(H,48,56). The molecule has 0 saturated carbocycles. The first-order valence-electron chi connectivity index (χ1n) is 24.6. The number of ether oxygens (including phenoxy) is 8. The Balaban J connectivity index is 1.14. The van der Waals surface area contributed by atoms with Gasteiger partial charge in [0.25, 0.3) is 0 Å². The van der Waals surface area contributed by atoms with Gasteiger partial charge in [-0.1, -0.05) is 0 Å². The Morgan fingerprint density at radius 3 is 1.75 bits per heavy atom. The molecule has 33 nitrogen and oxygen atoms in total. The maximum absolute atomic E-state index is 13.3. The molecule has 18 N–H and O–H groups in total. The lowest BCUT2D eigenvalue weighted by atomic mass is 9.96. The quantitative estimate of drug-likeness (QED) is 0.0364. The first kappa shape index (κ1) is 63.3. The zero-order valence-corrected chi connectivity index (χ0v) is 41.5. The summed E-state index contributed by atoms with van der Waals surface area (Å²) in [4.78, 5) is 69.1. The van der Waals surface area contributed by atoms with E-state index in [9.17, 15) is 95.5 Å². The van der Waals surface area contributed by atoms with Crippen molar-refractivity contribution in [1.82, 2.24) is 26.0 Å².